The van der Waals surface area contributed by atoms with Crippen LogP contribution in [0.3, 0.4) is 0 Å². The van der Waals surface area contributed by atoms with Crippen molar-refractivity contribution < 1.29 is 24.3 Å². The number of carboxylic acids is 1. The zero-order valence-corrected chi connectivity index (χ0v) is 25.2. The second-order valence-electron chi connectivity index (χ2n) is 12.4. The molecule has 3 N–H and O–H groups in total. The van der Waals surface area contributed by atoms with Crippen molar-refractivity contribution in [3.8, 4) is 0 Å². The molecule has 0 unspecified atom stereocenters. The van der Waals surface area contributed by atoms with Gasteiger partial charge >= 0.3 is 12.0 Å². The Kier molecular flexibility index (Phi) is 7.49. The topological polar surface area (TPSA) is 123 Å². The Morgan fingerprint density at radius 2 is 1.64 bits per heavy atom. The summed E-state index contributed by atoms with van der Waals surface area (Å²) in [7, 11) is 0. The summed E-state index contributed by atoms with van der Waals surface area (Å²) in [6.07, 6.45) is 0.564. The van der Waals surface area contributed by atoms with Crippen LogP contribution in [-0.4, -0.2) is 50.9 Å². The zero-order chi connectivity index (χ0) is 31.3. The largest absolute Gasteiger partial charge is 0.480 e. The number of rotatable bonds is 8. The lowest BCUT2D eigenvalue weighted by Gasteiger charge is -2.36. The first-order valence-electron chi connectivity index (χ1n) is 15.0. The Balaban J connectivity index is 1.42. The van der Waals surface area contributed by atoms with E-state index >= 15 is 0 Å². The molecular formula is C35H36N4O5. The first-order valence-corrected chi connectivity index (χ1v) is 15.0. The summed E-state index contributed by atoms with van der Waals surface area (Å²) >= 11 is 0. The molecule has 1 saturated heterocycles. The molecule has 1 aromatic heterocycles. The van der Waals surface area contributed by atoms with Crippen LogP contribution in [0.15, 0.2) is 72.8 Å². The second kappa shape index (κ2) is 11.3. The second-order valence-corrected chi connectivity index (χ2v) is 12.4. The summed E-state index contributed by atoms with van der Waals surface area (Å²) < 4.78 is 0. The van der Waals surface area contributed by atoms with E-state index in [0.717, 1.165) is 32.6 Å². The van der Waals surface area contributed by atoms with Gasteiger partial charge in [0.2, 0.25) is 0 Å². The van der Waals surface area contributed by atoms with Gasteiger partial charge in [-0.2, -0.15) is 0 Å². The van der Waals surface area contributed by atoms with Crippen molar-refractivity contribution in [2.75, 3.05) is 4.90 Å². The lowest BCUT2D eigenvalue weighted by molar-refractivity contribution is -0.139. The number of imide groups is 1. The van der Waals surface area contributed by atoms with Crippen LogP contribution in [0, 0.1) is 5.92 Å². The van der Waals surface area contributed by atoms with Crippen LogP contribution in [0.25, 0.3) is 10.9 Å². The maximum atomic E-state index is 14.4. The molecule has 226 valence electrons. The van der Waals surface area contributed by atoms with E-state index in [9.17, 15) is 24.3 Å². The number of benzene rings is 3. The van der Waals surface area contributed by atoms with Gasteiger partial charge in [-0.1, -0.05) is 82.3 Å². The average Bonchev–Trinajstić information content (AvgIpc) is 3.49. The molecule has 4 amide bonds. The maximum Gasteiger partial charge on any atom is 0.332 e. The number of aromatic nitrogens is 1. The van der Waals surface area contributed by atoms with Gasteiger partial charge in [-0.25, -0.2) is 14.5 Å². The SMILES string of the molecule is CC(C)C[C@@H](NC(=O)c1ccccc1N1C(=O)[C@@H]2Cc3c([nH]c4ccccc34)[C@@H](c3ccc(C(C)C)cc3)N2C1=O)C(=O)O. The number of hydrogen-bond donors (Lipinski definition) is 3. The van der Waals surface area contributed by atoms with E-state index in [-0.39, 0.29) is 23.6 Å². The third-order valence-electron chi connectivity index (χ3n) is 8.67. The standard InChI is InChI=1S/C35H36N4O5/c1-19(2)17-27(34(42)43)37-32(40)24-10-6-8-12-28(24)39-33(41)29-18-25-23-9-5-7-11-26(23)36-30(25)31(38(29)35(39)44)22-15-13-21(14-16-22)20(3)4/h5-16,19-20,27,29,31,36H,17-18H2,1-4H3,(H,37,40)(H,42,43)/t27-,29+,31-/m1/s1. The molecule has 0 spiro atoms. The molecule has 4 aromatic rings. The number of urea groups is 1. The van der Waals surface area contributed by atoms with E-state index < -0.39 is 41.9 Å². The molecule has 6 rings (SSSR count). The molecule has 0 bridgehead atoms. The van der Waals surface area contributed by atoms with Gasteiger partial charge in [-0.3, -0.25) is 14.5 Å². The molecule has 3 heterocycles. The Morgan fingerprint density at radius 1 is 0.955 bits per heavy atom. The highest BCUT2D eigenvalue weighted by Gasteiger charge is 2.53. The van der Waals surface area contributed by atoms with Crippen LogP contribution in [0.4, 0.5) is 10.5 Å². The number of anilines is 1. The molecule has 2 aliphatic heterocycles. The third-order valence-corrected chi connectivity index (χ3v) is 8.67. The summed E-state index contributed by atoms with van der Waals surface area (Å²) in [6, 6.07) is 19.4. The molecule has 0 radical (unpaired) electrons. The highest BCUT2D eigenvalue weighted by atomic mass is 16.4. The summed E-state index contributed by atoms with van der Waals surface area (Å²) in [5, 5.41) is 13.3. The zero-order valence-electron chi connectivity index (χ0n) is 25.2. The van der Waals surface area contributed by atoms with Gasteiger partial charge in [0.05, 0.1) is 11.3 Å². The minimum absolute atomic E-state index is 0.0315. The van der Waals surface area contributed by atoms with E-state index in [1.54, 1.807) is 23.1 Å². The van der Waals surface area contributed by atoms with Crippen molar-refractivity contribution >= 4 is 40.4 Å². The summed E-state index contributed by atoms with van der Waals surface area (Å²) in [5.74, 6) is -1.86. The van der Waals surface area contributed by atoms with Crippen molar-refractivity contribution in [2.45, 2.75) is 64.6 Å². The number of carbonyl (C=O) groups is 4. The number of H-pyrrole nitrogens is 1. The average molecular weight is 593 g/mol. The van der Waals surface area contributed by atoms with Gasteiger partial charge in [0, 0.05) is 23.0 Å². The van der Waals surface area contributed by atoms with Crippen molar-refractivity contribution in [2.24, 2.45) is 5.92 Å². The van der Waals surface area contributed by atoms with Crippen molar-refractivity contribution in [1.29, 1.82) is 0 Å². The summed E-state index contributed by atoms with van der Waals surface area (Å²) in [5.41, 5.74) is 5.03. The molecule has 0 aliphatic carbocycles. The quantitative estimate of drug-likeness (QED) is 0.217. The van der Waals surface area contributed by atoms with Crippen LogP contribution >= 0.6 is 0 Å². The monoisotopic (exact) mass is 592 g/mol. The molecule has 9 nitrogen and oxygen atoms in total. The number of carboxylic acid groups (broad SMARTS) is 1. The van der Waals surface area contributed by atoms with Gasteiger partial charge in [-0.05, 0) is 53.1 Å². The fourth-order valence-electron chi connectivity index (χ4n) is 6.50. The van der Waals surface area contributed by atoms with Crippen LogP contribution in [0.2, 0.25) is 0 Å². The Morgan fingerprint density at radius 3 is 2.32 bits per heavy atom. The highest BCUT2D eigenvalue weighted by Crippen LogP contribution is 2.45. The summed E-state index contributed by atoms with van der Waals surface area (Å²) in [6.45, 7) is 7.99. The lowest BCUT2D eigenvalue weighted by Crippen LogP contribution is -2.44. The molecule has 0 saturated carbocycles. The molecule has 3 aromatic carbocycles. The number of carbonyl (C=O) groups excluding carboxylic acids is 3. The van der Waals surface area contributed by atoms with Crippen LogP contribution in [0.5, 0.6) is 0 Å². The van der Waals surface area contributed by atoms with Gasteiger partial charge in [0.1, 0.15) is 18.1 Å². The molecule has 9 heteroatoms. The van der Waals surface area contributed by atoms with Crippen LogP contribution in [-0.2, 0) is 16.0 Å². The normalized spacial score (nSPS) is 18.6. The van der Waals surface area contributed by atoms with E-state index in [0.29, 0.717) is 12.3 Å². The fourth-order valence-corrected chi connectivity index (χ4v) is 6.50. The number of aromatic amines is 1. The smallest absolute Gasteiger partial charge is 0.332 e. The van der Waals surface area contributed by atoms with Crippen LogP contribution < -0.4 is 10.2 Å². The van der Waals surface area contributed by atoms with Crippen molar-refractivity contribution in [3.05, 3.63) is 101 Å². The molecular weight excluding hydrogens is 556 g/mol. The minimum Gasteiger partial charge on any atom is -0.480 e. The Bertz CT molecular complexity index is 1770. The fraction of sp³-hybridized carbons (Fsp3) is 0.314. The van der Waals surface area contributed by atoms with E-state index in [4.69, 9.17) is 0 Å². The minimum atomic E-state index is -1.14. The molecule has 2 aliphatic rings. The van der Waals surface area contributed by atoms with Gasteiger partial charge in [0.25, 0.3) is 11.8 Å². The predicted molar refractivity (Wildman–Crippen MR) is 168 cm³/mol. The lowest BCUT2D eigenvalue weighted by atomic mass is 9.88. The first-order chi connectivity index (χ1) is 21.1. The maximum absolute atomic E-state index is 14.4. The number of amides is 4. The number of hydrogen-bond acceptors (Lipinski definition) is 4. The predicted octanol–water partition coefficient (Wildman–Crippen LogP) is 6.00. The number of nitrogens with one attached hydrogen (secondary N) is 2. The third kappa shape index (κ3) is 4.92. The molecule has 3 atom stereocenters. The number of para-hydroxylation sites is 2. The van der Waals surface area contributed by atoms with Crippen molar-refractivity contribution in [3.63, 3.8) is 0 Å². The summed E-state index contributed by atoms with van der Waals surface area (Å²) in [4.78, 5) is 60.2. The number of aliphatic carboxylic acids is 1. The highest BCUT2D eigenvalue weighted by molar-refractivity contribution is 6.24. The first kappa shape index (κ1) is 29.2. The molecule has 1 fully saturated rings. The van der Waals surface area contributed by atoms with Gasteiger partial charge in [0.15, 0.2) is 0 Å². The van der Waals surface area contributed by atoms with Gasteiger partial charge < -0.3 is 15.4 Å². The van der Waals surface area contributed by atoms with E-state index in [1.165, 1.54) is 11.6 Å². The number of fused-ring (bicyclic) bond motifs is 4. The molecule has 44 heavy (non-hydrogen) atoms. The van der Waals surface area contributed by atoms with Crippen LogP contribution in [0.1, 0.15) is 78.8 Å². The van der Waals surface area contributed by atoms with Gasteiger partial charge in [-0.15, -0.1) is 0 Å². The van der Waals surface area contributed by atoms with E-state index in [2.05, 4.69) is 36.3 Å². The Hall–Kier alpha value is -4.92. The van der Waals surface area contributed by atoms with Crippen molar-refractivity contribution in [1.82, 2.24) is 15.2 Å². The number of nitrogens with zero attached hydrogens (tertiary/aromatic N) is 2. The van der Waals surface area contributed by atoms with E-state index in [1.807, 2.05) is 50.2 Å². The Labute approximate surface area is 255 Å².